The van der Waals surface area contributed by atoms with E-state index in [0.717, 1.165) is 11.8 Å². The van der Waals surface area contributed by atoms with Crippen molar-refractivity contribution < 1.29 is 18.0 Å². The number of anilines is 2. The number of carbonyl (C=O) groups is 2. The minimum absolute atomic E-state index is 0.0838. The molecular weight excluding hydrogens is 390 g/mol. The molecule has 0 spiro atoms. The molecule has 3 N–H and O–H groups in total. The Bertz CT molecular complexity index is 976. The number of sulfonamides is 1. The van der Waals surface area contributed by atoms with Crippen LogP contribution in [0, 0.1) is 0 Å². The van der Waals surface area contributed by atoms with Crippen molar-refractivity contribution in [2.75, 3.05) is 16.3 Å². The van der Waals surface area contributed by atoms with Crippen LogP contribution in [0.4, 0.5) is 11.4 Å². The molecule has 2 aromatic carbocycles. The van der Waals surface area contributed by atoms with E-state index in [1.807, 2.05) is 6.07 Å². The van der Waals surface area contributed by atoms with Crippen LogP contribution in [0.2, 0.25) is 5.02 Å². The number of halogens is 1. The Labute approximate surface area is 163 Å². The Morgan fingerprint density at radius 2 is 1.81 bits per heavy atom. The van der Waals surface area contributed by atoms with E-state index in [9.17, 15) is 18.0 Å². The van der Waals surface area contributed by atoms with Crippen LogP contribution in [-0.2, 0) is 14.8 Å². The summed E-state index contributed by atoms with van der Waals surface area (Å²) in [6, 6.07) is 11.0. The molecule has 2 amide bonds. The Kier molecular flexibility index (Phi) is 6.45. The SMILES string of the molecule is CC(=O)Nc1ccc(NS(C)(=O)=O)c(C(=O)NC(C)c2cccc(Cl)c2)c1. The zero-order valence-electron chi connectivity index (χ0n) is 15.0. The number of amides is 2. The zero-order valence-corrected chi connectivity index (χ0v) is 16.6. The van der Waals surface area contributed by atoms with E-state index in [-0.39, 0.29) is 23.2 Å². The summed E-state index contributed by atoms with van der Waals surface area (Å²) in [5.74, 6) is -0.807. The average molecular weight is 410 g/mol. The molecule has 0 saturated carbocycles. The molecule has 144 valence electrons. The van der Waals surface area contributed by atoms with E-state index >= 15 is 0 Å². The van der Waals surface area contributed by atoms with Gasteiger partial charge >= 0.3 is 0 Å². The lowest BCUT2D eigenvalue weighted by Gasteiger charge is -2.17. The Hall–Kier alpha value is -2.58. The van der Waals surface area contributed by atoms with Crippen molar-refractivity contribution in [3.63, 3.8) is 0 Å². The Balaban J connectivity index is 2.34. The second kappa shape index (κ2) is 8.41. The quantitative estimate of drug-likeness (QED) is 0.681. The maximum atomic E-state index is 12.8. The number of hydrogen-bond donors (Lipinski definition) is 3. The van der Waals surface area contributed by atoms with E-state index in [2.05, 4.69) is 15.4 Å². The lowest BCUT2D eigenvalue weighted by atomic mass is 10.1. The molecule has 0 saturated heterocycles. The molecule has 7 nitrogen and oxygen atoms in total. The normalized spacial score (nSPS) is 12.1. The summed E-state index contributed by atoms with van der Waals surface area (Å²) in [5, 5.41) is 5.91. The fourth-order valence-electron chi connectivity index (χ4n) is 2.44. The molecule has 0 fully saturated rings. The Morgan fingerprint density at radius 1 is 1.11 bits per heavy atom. The van der Waals surface area contributed by atoms with Gasteiger partial charge in [0, 0.05) is 17.6 Å². The highest BCUT2D eigenvalue weighted by Gasteiger charge is 2.18. The van der Waals surface area contributed by atoms with Crippen LogP contribution in [0.15, 0.2) is 42.5 Å². The molecule has 0 bridgehead atoms. The third-order valence-corrected chi connectivity index (χ3v) is 4.40. The zero-order chi connectivity index (χ0) is 20.2. The second-order valence-corrected chi connectivity index (χ2v) is 8.25. The molecule has 0 aliphatic carbocycles. The fourth-order valence-corrected chi connectivity index (χ4v) is 3.21. The maximum Gasteiger partial charge on any atom is 0.253 e. The van der Waals surface area contributed by atoms with E-state index in [4.69, 9.17) is 11.6 Å². The summed E-state index contributed by atoms with van der Waals surface area (Å²) in [5.41, 5.74) is 1.37. The van der Waals surface area contributed by atoms with Gasteiger partial charge in [0.15, 0.2) is 0 Å². The third kappa shape index (κ3) is 6.26. The van der Waals surface area contributed by atoms with Gasteiger partial charge in [0.05, 0.1) is 23.5 Å². The number of hydrogen-bond acceptors (Lipinski definition) is 4. The van der Waals surface area contributed by atoms with Gasteiger partial charge in [0.1, 0.15) is 0 Å². The predicted octanol–water partition coefficient (Wildman–Crippen LogP) is 3.16. The molecule has 0 radical (unpaired) electrons. The smallest absolute Gasteiger partial charge is 0.253 e. The van der Waals surface area contributed by atoms with Crippen LogP contribution in [0.5, 0.6) is 0 Å². The minimum atomic E-state index is -3.59. The topological polar surface area (TPSA) is 104 Å². The molecule has 2 aromatic rings. The predicted molar refractivity (Wildman–Crippen MR) is 107 cm³/mol. The van der Waals surface area contributed by atoms with Gasteiger partial charge in [0.2, 0.25) is 15.9 Å². The van der Waals surface area contributed by atoms with Crippen LogP contribution in [0.3, 0.4) is 0 Å². The summed E-state index contributed by atoms with van der Waals surface area (Å²) in [4.78, 5) is 24.0. The van der Waals surface area contributed by atoms with E-state index in [0.29, 0.717) is 10.7 Å². The van der Waals surface area contributed by atoms with Crippen molar-refractivity contribution in [2.24, 2.45) is 0 Å². The third-order valence-electron chi connectivity index (χ3n) is 3.58. The molecule has 9 heteroatoms. The van der Waals surface area contributed by atoms with Gasteiger partial charge in [-0.05, 0) is 42.8 Å². The number of nitrogens with one attached hydrogen (secondary N) is 3. The van der Waals surface area contributed by atoms with Crippen molar-refractivity contribution in [2.45, 2.75) is 19.9 Å². The largest absolute Gasteiger partial charge is 0.345 e. The summed E-state index contributed by atoms with van der Waals surface area (Å²) in [6.45, 7) is 3.12. The first-order valence-electron chi connectivity index (χ1n) is 8.01. The van der Waals surface area contributed by atoms with Gasteiger partial charge in [-0.1, -0.05) is 23.7 Å². The van der Waals surface area contributed by atoms with Crippen LogP contribution >= 0.6 is 11.6 Å². The molecular formula is C18H20ClN3O4S. The van der Waals surface area contributed by atoms with E-state index < -0.39 is 15.9 Å². The molecule has 0 aliphatic heterocycles. The number of carbonyl (C=O) groups excluding carboxylic acids is 2. The highest BCUT2D eigenvalue weighted by molar-refractivity contribution is 7.92. The van der Waals surface area contributed by atoms with Crippen LogP contribution in [0.25, 0.3) is 0 Å². The lowest BCUT2D eigenvalue weighted by Crippen LogP contribution is -2.28. The second-order valence-electron chi connectivity index (χ2n) is 6.07. The summed E-state index contributed by atoms with van der Waals surface area (Å²) in [6.07, 6.45) is 0.991. The highest BCUT2D eigenvalue weighted by atomic mass is 35.5. The molecule has 0 heterocycles. The summed E-state index contributed by atoms with van der Waals surface area (Å²) < 4.78 is 25.5. The van der Waals surface area contributed by atoms with Crippen molar-refractivity contribution in [3.05, 3.63) is 58.6 Å². The van der Waals surface area contributed by atoms with Crippen molar-refractivity contribution in [3.8, 4) is 0 Å². The highest BCUT2D eigenvalue weighted by Crippen LogP contribution is 2.24. The van der Waals surface area contributed by atoms with Gasteiger partial charge in [-0.15, -0.1) is 0 Å². The van der Waals surface area contributed by atoms with Crippen LogP contribution < -0.4 is 15.4 Å². The van der Waals surface area contributed by atoms with Crippen molar-refractivity contribution >= 4 is 44.8 Å². The molecule has 1 unspecified atom stereocenters. The first kappa shape index (κ1) is 20.7. The first-order valence-corrected chi connectivity index (χ1v) is 10.3. The Morgan fingerprint density at radius 3 is 2.41 bits per heavy atom. The van der Waals surface area contributed by atoms with Gasteiger partial charge in [-0.25, -0.2) is 8.42 Å². The molecule has 2 rings (SSSR count). The standard InChI is InChI=1S/C18H20ClN3O4S/c1-11(13-5-4-6-14(19)9-13)20-18(24)16-10-15(21-12(2)23)7-8-17(16)22-27(3,25)26/h4-11,22H,1-3H3,(H,20,24)(H,21,23). The maximum absolute atomic E-state index is 12.8. The average Bonchev–Trinajstić information content (AvgIpc) is 2.54. The van der Waals surface area contributed by atoms with E-state index in [1.54, 1.807) is 25.1 Å². The fraction of sp³-hybridized carbons (Fsp3) is 0.222. The molecule has 0 aliphatic rings. The van der Waals surface area contributed by atoms with Crippen LogP contribution in [-0.4, -0.2) is 26.5 Å². The van der Waals surface area contributed by atoms with Gasteiger partial charge in [0.25, 0.3) is 5.91 Å². The van der Waals surface area contributed by atoms with Gasteiger partial charge in [-0.3, -0.25) is 14.3 Å². The van der Waals surface area contributed by atoms with Crippen LogP contribution in [0.1, 0.15) is 35.8 Å². The van der Waals surface area contributed by atoms with E-state index in [1.165, 1.54) is 25.1 Å². The summed E-state index contributed by atoms with van der Waals surface area (Å²) >= 11 is 5.98. The summed E-state index contributed by atoms with van der Waals surface area (Å²) in [7, 11) is -3.59. The number of benzene rings is 2. The van der Waals surface area contributed by atoms with Crippen molar-refractivity contribution in [1.29, 1.82) is 0 Å². The van der Waals surface area contributed by atoms with Gasteiger partial charge in [-0.2, -0.15) is 0 Å². The monoisotopic (exact) mass is 409 g/mol. The molecule has 1 atom stereocenters. The lowest BCUT2D eigenvalue weighted by molar-refractivity contribution is -0.114. The van der Waals surface area contributed by atoms with Gasteiger partial charge < -0.3 is 10.6 Å². The first-order chi connectivity index (χ1) is 12.5. The molecule has 0 aromatic heterocycles. The van der Waals surface area contributed by atoms with Crippen molar-refractivity contribution in [1.82, 2.24) is 5.32 Å². The number of rotatable bonds is 6. The minimum Gasteiger partial charge on any atom is -0.345 e. The molecule has 27 heavy (non-hydrogen) atoms.